The Morgan fingerprint density at radius 2 is 1.57 bits per heavy atom. The van der Waals surface area contributed by atoms with E-state index in [1.165, 1.54) is 11.6 Å². The molecule has 5 aliphatic rings. The first-order chi connectivity index (χ1) is 20.6. The van der Waals surface area contributed by atoms with Crippen molar-refractivity contribution in [3.8, 4) is 5.75 Å². The average molecular weight is 603 g/mol. The van der Waals surface area contributed by atoms with Crippen molar-refractivity contribution in [2.75, 3.05) is 0 Å². The van der Waals surface area contributed by atoms with Crippen LogP contribution in [0.25, 0.3) is 6.08 Å². The molecule has 0 saturated heterocycles. The van der Waals surface area contributed by atoms with Gasteiger partial charge in [0, 0.05) is 11.5 Å². The Kier molecular flexibility index (Phi) is 7.49. The summed E-state index contributed by atoms with van der Waals surface area (Å²) in [6, 6.07) is 6.79. The Labute approximate surface area is 264 Å². The summed E-state index contributed by atoms with van der Waals surface area (Å²) in [5.41, 5.74) is 1.71. The molecule has 0 radical (unpaired) electrons. The minimum Gasteiger partial charge on any atom is -0.508 e. The van der Waals surface area contributed by atoms with E-state index in [1.807, 2.05) is 0 Å². The van der Waals surface area contributed by atoms with Crippen LogP contribution in [-0.2, 0) is 14.3 Å². The summed E-state index contributed by atoms with van der Waals surface area (Å²) in [5, 5.41) is 20.2. The highest BCUT2D eigenvalue weighted by molar-refractivity contribution is 5.87. The van der Waals surface area contributed by atoms with E-state index in [0.717, 1.165) is 69.8 Å². The van der Waals surface area contributed by atoms with E-state index in [4.69, 9.17) is 4.74 Å². The molecular formula is C39H54O5. The van der Waals surface area contributed by atoms with Gasteiger partial charge in [0.1, 0.15) is 11.9 Å². The predicted octanol–water partition coefficient (Wildman–Crippen LogP) is 9.06. The molecule has 5 heteroatoms. The summed E-state index contributed by atoms with van der Waals surface area (Å²) in [6.07, 6.45) is 13.2. The van der Waals surface area contributed by atoms with Crippen LogP contribution in [0.15, 0.2) is 42.5 Å². The number of ether oxygens (including phenoxy) is 1. The summed E-state index contributed by atoms with van der Waals surface area (Å²) in [7, 11) is 0. The second kappa shape index (κ2) is 10.5. The zero-order valence-corrected chi connectivity index (χ0v) is 27.8. The van der Waals surface area contributed by atoms with Crippen molar-refractivity contribution < 1.29 is 24.5 Å². The number of fused-ring (bicyclic) bond motifs is 7. The Bertz CT molecular complexity index is 1360. The molecule has 0 heterocycles. The predicted molar refractivity (Wildman–Crippen MR) is 174 cm³/mol. The fourth-order valence-corrected chi connectivity index (χ4v) is 12.6. The molecule has 5 aliphatic carbocycles. The number of hydrogen-bond acceptors (Lipinski definition) is 4. The smallest absolute Gasteiger partial charge is 0.331 e. The Balaban J connectivity index is 1.24. The first kappa shape index (κ1) is 31.4. The van der Waals surface area contributed by atoms with E-state index >= 15 is 0 Å². The number of carbonyl (C=O) groups excluding carboxylic acids is 1. The summed E-state index contributed by atoms with van der Waals surface area (Å²) >= 11 is 0. The van der Waals surface area contributed by atoms with Gasteiger partial charge in [-0.3, -0.25) is 4.79 Å². The maximum absolute atomic E-state index is 13.0. The van der Waals surface area contributed by atoms with Gasteiger partial charge in [-0.05, 0) is 141 Å². The molecule has 0 spiro atoms. The van der Waals surface area contributed by atoms with Gasteiger partial charge >= 0.3 is 11.9 Å². The van der Waals surface area contributed by atoms with Crippen LogP contribution >= 0.6 is 0 Å². The molecule has 0 aromatic heterocycles. The average Bonchev–Trinajstić information content (AvgIpc) is 3.36. The van der Waals surface area contributed by atoms with Crippen molar-refractivity contribution in [2.45, 2.75) is 112 Å². The molecular weight excluding hydrogens is 548 g/mol. The monoisotopic (exact) mass is 602 g/mol. The normalized spacial score (nSPS) is 44.1. The Morgan fingerprint density at radius 3 is 2.23 bits per heavy atom. The molecule has 6 rings (SSSR count). The minimum atomic E-state index is -0.585. The molecule has 5 fully saturated rings. The fraction of sp³-hybridized carbons (Fsp3) is 0.692. The van der Waals surface area contributed by atoms with Crippen molar-refractivity contribution >= 4 is 18.0 Å². The van der Waals surface area contributed by atoms with Crippen molar-refractivity contribution in [1.29, 1.82) is 0 Å². The third-order valence-electron chi connectivity index (χ3n) is 15.0. The van der Waals surface area contributed by atoms with E-state index < -0.39 is 11.4 Å². The van der Waals surface area contributed by atoms with Crippen LogP contribution in [0.4, 0.5) is 0 Å². The lowest BCUT2D eigenvalue weighted by Gasteiger charge is -2.72. The number of aliphatic carboxylic acids is 1. The summed E-state index contributed by atoms with van der Waals surface area (Å²) < 4.78 is 6.19. The highest BCUT2D eigenvalue weighted by Crippen LogP contribution is 2.77. The third kappa shape index (κ3) is 4.37. The van der Waals surface area contributed by atoms with Crippen molar-refractivity contribution in [3.63, 3.8) is 0 Å². The molecule has 5 nitrogen and oxygen atoms in total. The molecule has 1 aromatic carbocycles. The van der Waals surface area contributed by atoms with E-state index in [-0.39, 0.29) is 45.4 Å². The van der Waals surface area contributed by atoms with E-state index in [1.54, 1.807) is 30.3 Å². The van der Waals surface area contributed by atoms with Crippen LogP contribution in [0.1, 0.15) is 111 Å². The minimum absolute atomic E-state index is 0.109. The first-order valence-corrected chi connectivity index (χ1v) is 17.2. The second-order valence-electron chi connectivity index (χ2n) is 16.9. The van der Waals surface area contributed by atoms with Gasteiger partial charge in [0.15, 0.2) is 0 Å². The largest absolute Gasteiger partial charge is 0.508 e. The van der Waals surface area contributed by atoms with Crippen LogP contribution in [0.5, 0.6) is 5.75 Å². The van der Waals surface area contributed by atoms with Crippen LogP contribution in [0.3, 0.4) is 0 Å². The van der Waals surface area contributed by atoms with Crippen LogP contribution in [0.2, 0.25) is 0 Å². The Morgan fingerprint density at radius 1 is 0.864 bits per heavy atom. The zero-order chi connectivity index (χ0) is 31.9. The highest BCUT2D eigenvalue weighted by atomic mass is 16.5. The molecule has 10 atom stereocenters. The van der Waals surface area contributed by atoms with Gasteiger partial charge < -0.3 is 14.9 Å². The number of phenolic OH excluding ortho intramolecular Hbond substituents is 1. The molecule has 0 unspecified atom stereocenters. The molecule has 240 valence electrons. The second-order valence-corrected chi connectivity index (χ2v) is 16.9. The van der Waals surface area contributed by atoms with Gasteiger partial charge in [-0.25, -0.2) is 4.79 Å². The molecule has 0 aliphatic heterocycles. The number of benzene rings is 1. The van der Waals surface area contributed by atoms with E-state index in [9.17, 15) is 19.8 Å². The maximum Gasteiger partial charge on any atom is 0.331 e. The maximum atomic E-state index is 13.0. The quantitative estimate of drug-likeness (QED) is 0.200. The van der Waals surface area contributed by atoms with Crippen LogP contribution < -0.4 is 0 Å². The number of carboxylic acid groups (broad SMARTS) is 1. The molecule has 0 amide bonds. The van der Waals surface area contributed by atoms with Crippen molar-refractivity contribution in [1.82, 2.24) is 0 Å². The third-order valence-corrected chi connectivity index (χ3v) is 15.0. The number of esters is 1. The number of aromatic hydroxyl groups is 1. The van der Waals surface area contributed by atoms with E-state index in [2.05, 4.69) is 48.1 Å². The van der Waals surface area contributed by atoms with Crippen LogP contribution in [-0.4, -0.2) is 28.3 Å². The molecule has 1 aromatic rings. The molecule has 0 bridgehead atoms. The number of carboxylic acids is 1. The van der Waals surface area contributed by atoms with Crippen LogP contribution in [0, 0.1) is 56.7 Å². The van der Waals surface area contributed by atoms with Gasteiger partial charge in [-0.15, -0.1) is 0 Å². The van der Waals surface area contributed by atoms with Crippen molar-refractivity contribution in [2.24, 2.45) is 56.7 Å². The number of hydrogen-bond donors (Lipinski definition) is 2. The lowest BCUT2D eigenvalue weighted by Crippen LogP contribution is -2.67. The topological polar surface area (TPSA) is 83.8 Å². The molecule has 5 saturated carbocycles. The number of rotatable bonds is 5. The van der Waals surface area contributed by atoms with Gasteiger partial charge in [0.25, 0.3) is 0 Å². The summed E-state index contributed by atoms with van der Waals surface area (Å²) in [6.45, 7) is 18.8. The lowest BCUT2D eigenvalue weighted by molar-refractivity contribution is -0.250. The highest BCUT2D eigenvalue weighted by Gasteiger charge is 2.72. The number of phenols is 1. The summed E-state index contributed by atoms with van der Waals surface area (Å²) in [4.78, 5) is 25.9. The fourth-order valence-electron chi connectivity index (χ4n) is 12.6. The van der Waals surface area contributed by atoms with Gasteiger partial charge in [-0.1, -0.05) is 58.9 Å². The summed E-state index contributed by atoms with van der Waals surface area (Å²) in [5.74, 6) is 1.29. The zero-order valence-electron chi connectivity index (χ0n) is 27.8. The number of allylic oxidation sites excluding steroid dienone is 1. The Hall–Kier alpha value is -2.56. The first-order valence-electron chi connectivity index (χ1n) is 17.2. The molecule has 44 heavy (non-hydrogen) atoms. The van der Waals surface area contributed by atoms with Gasteiger partial charge in [0.05, 0.1) is 5.41 Å². The lowest BCUT2D eigenvalue weighted by atomic mass is 9.32. The SMILES string of the molecule is C=C(C)[C@@H]1CC[C@]2(C(=O)O)CC[C@]3(C)[C@H](CC[C@H]4[C@@]5(C)CC[C@H](OC(=O)/C=C/c6ccc(O)cc6)C(C)(C)[C@@H]5CC[C@]43C)[C@H]12. The number of carbonyl (C=O) groups is 2. The van der Waals surface area contributed by atoms with Gasteiger partial charge in [-0.2, -0.15) is 0 Å². The standard InChI is InChI=1S/C39H54O5/c1-24(2)27-16-21-39(34(42)43)23-22-37(6)28(33(27)39)13-14-30-36(5)19-18-31(35(3,4)29(36)17-20-38(30,37)7)44-32(41)15-10-25-8-11-26(40)12-9-25/h8-12,15,27-31,33,40H,1,13-14,16-23H2,2-7H3,(H,42,43)/b15-10+/t27-,28+,29-,30-,31-,33-,36-,37+,38+,39-/m0/s1. The van der Waals surface area contributed by atoms with E-state index in [0.29, 0.717) is 23.7 Å². The van der Waals surface area contributed by atoms with Gasteiger partial charge in [0.2, 0.25) is 0 Å². The van der Waals surface area contributed by atoms with Crippen molar-refractivity contribution in [3.05, 3.63) is 48.1 Å². The molecule has 2 N–H and O–H groups in total.